The standard InChI is InChI=1S/C23H22N4O2/c24-13-14-29-19-10-6-7-17(15-19)16-25-27-22(18-8-2-1-3-9-18)26-21-12-5-4-11-20(21)23(27)28/h4-7,10-12,15-16,18H,1-3,8-9,14H2. The molecule has 0 atom stereocenters. The van der Waals surface area contributed by atoms with Crippen LogP contribution >= 0.6 is 0 Å². The molecule has 0 saturated heterocycles. The fraction of sp³-hybridized carbons (Fsp3) is 0.304. The average Bonchev–Trinajstić information content (AvgIpc) is 2.78. The largest absolute Gasteiger partial charge is 0.479 e. The van der Waals surface area contributed by atoms with E-state index < -0.39 is 0 Å². The number of benzene rings is 2. The molecule has 0 unspecified atom stereocenters. The summed E-state index contributed by atoms with van der Waals surface area (Å²) in [6.45, 7) is -0.0134. The Morgan fingerprint density at radius 3 is 2.83 bits per heavy atom. The number of hydrogen-bond donors (Lipinski definition) is 0. The molecular formula is C23H22N4O2. The van der Waals surface area contributed by atoms with Crippen molar-refractivity contribution in [1.82, 2.24) is 9.66 Å². The molecule has 1 aliphatic carbocycles. The summed E-state index contributed by atoms with van der Waals surface area (Å²) >= 11 is 0. The summed E-state index contributed by atoms with van der Waals surface area (Å²) in [4.78, 5) is 18.0. The topological polar surface area (TPSA) is 80.3 Å². The first-order valence-corrected chi connectivity index (χ1v) is 9.92. The van der Waals surface area contributed by atoms with Gasteiger partial charge in [0.15, 0.2) is 6.61 Å². The normalized spacial score (nSPS) is 14.9. The summed E-state index contributed by atoms with van der Waals surface area (Å²) in [5.74, 6) is 1.57. The highest BCUT2D eigenvalue weighted by molar-refractivity contribution is 5.81. The van der Waals surface area contributed by atoms with Crippen LogP contribution in [0.2, 0.25) is 0 Å². The Labute approximate surface area is 169 Å². The fourth-order valence-corrected chi connectivity index (χ4v) is 3.80. The predicted molar refractivity (Wildman–Crippen MR) is 112 cm³/mol. The van der Waals surface area contributed by atoms with E-state index in [0.29, 0.717) is 11.1 Å². The molecule has 1 saturated carbocycles. The minimum atomic E-state index is -0.149. The van der Waals surface area contributed by atoms with Crippen LogP contribution in [0.25, 0.3) is 10.9 Å². The van der Waals surface area contributed by atoms with Crippen molar-refractivity contribution in [3.8, 4) is 11.8 Å². The summed E-state index contributed by atoms with van der Waals surface area (Å²) < 4.78 is 6.80. The van der Waals surface area contributed by atoms with Crippen LogP contribution in [-0.2, 0) is 0 Å². The van der Waals surface area contributed by atoms with Crippen molar-refractivity contribution >= 4 is 17.1 Å². The van der Waals surface area contributed by atoms with Gasteiger partial charge in [0, 0.05) is 5.92 Å². The molecule has 6 heteroatoms. The first-order chi connectivity index (χ1) is 14.3. The van der Waals surface area contributed by atoms with E-state index >= 15 is 0 Å². The SMILES string of the molecule is N#CCOc1cccc(C=Nn2c(C3CCCCC3)nc3ccccc3c2=O)c1. The van der Waals surface area contributed by atoms with Gasteiger partial charge in [0.05, 0.1) is 17.1 Å². The lowest BCUT2D eigenvalue weighted by atomic mass is 9.88. The molecule has 2 aromatic carbocycles. The van der Waals surface area contributed by atoms with Crippen LogP contribution in [0.3, 0.4) is 0 Å². The lowest BCUT2D eigenvalue weighted by molar-refractivity contribution is 0.368. The highest BCUT2D eigenvalue weighted by atomic mass is 16.5. The van der Waals surface area contributed by atoms with Gasteiger partial charge in [0.2, 0.25) is 0 Å². The zero-order chi connectivity index (χ0) is 20.1. The van der Waals surface area contributed by atoms with Gasteiger partial charge in [-0.3, -0.25) is 4.79 Å². The van der Waals surface area contributed by atoms with Gasteiger partial charge in [0.1, 0.15) is 17.6 Å². The molecule has 1 aliphatic rings. The van der Waals surface area contributed by atoms with Crippen molar-refractivity contribution < 1.29 is 4.74 Å². The van der Waals surface area contributed by atoms with Crippen molar-refractivity contribution in [2.75, 3.05) is 6.61 Å². The van der Waals surface area contributed by atoms with E-state index in [0.717, 1.165) is 42.6 Å². The number of ether oxygens (including phenoxy) is 1. The summed E-state index contributed by atoms with van der Waals surface area (Å²) in [6.07, 6.45) is 7.22. The van der Waals surface area contributed by atoms with Gasteiger partial charge in [-0.25, -0.2) is 4.98 Å². The van der Waals surface area contributed by atoms with E-state index in [9.17, 15) is 4.79 Å². The second-order valence-electron chi connectivity index (χ2n) is 7.20. The number of nitriles is 1. The highest BCUT2D eigenvalue weighted by Gasteiger charge is 2.22. The van der Waals surface area contributed by atoms with Crippen LogP contribution in [0.5, 0.6) is 5.75 Å². The van der Waals surface area contributed by atoms with E-state index in [4.69, 9.17) is 15.0 Å². The van der Waals surface area contributed by atoms with Crippen molar-refractivity contribution in [3.63, 3.8) is 0 Å². The molecule has 29 heavy (non-hydrogen) atoms. The molecule has 0 spiro atoms. The molecule has 0 amide bonds. The van der Waals surface area contributed by atoms with Crippen LogP contribution < -0.4 is 10.3 Å². The maximum Gasteiger partial charge on any atom is 0.282 e. The van der Waals surface area contributed by atoms with Crippen LogP contribution in [-0.4, -0.2) is 22.5 Å². The van der Waals surface area contributed by atoms with Crippen LogP contribution in [0.1, 0.15) is 49.4 Å². The summed E-state index contributed by atoms with van der Waals surface area (Å²) in [5.41, 5.74) is 1.36. The van der Waals surface area contributed by atoms with Gasteiger partial charge in [-0.1, -0.05) is 43.5 Å². The van der Waals surface area contributed by atoms with Crippen molar-refractivity contribution in [2.24, 2.45) is 5.10 Å². The molecule has 0 aliphatic heterocycles. The second-order valence-corrected chi connectivity index (χ2v) is 7.20. The Kier molecular flexibility index (Phi) is 5.66. The Bertz CT molecular complexity index is 1140. The number of aromatic nitrogens is 2. The molecule has 4 rings (SSSR count). The number of para-hydroxylation sites is 1. The third-order valence-corrected chi connectivity index (χ3v) is 5.23. The summed E-state index contributed by atoms with van der Waals surface area (Å²) in [7, 11) is 0. The third-order valence-electron chi connectivity index (χ3n) is 5.23. The molecule has 6 nitrogen and oxygen atoms in total. The molecule has 1 aromatic heterocycles. The third kappa shape index (κ3) is 4.19. The first-order valence-electron chi connectivity index (χ1n) is 9.92. The lowest BCUT2D eigenvalue weighted by Crippen LogP contribution is -2.25. The van der Waals surface area contributed by atoms with Gasteiger partial charge in [-0.2, -0.15) is 15.0 Å². The second kappa shape index (κ2) is 8.70. The van der Waals surface area contributed by atoms with Crippen molar-refractivity contribution in [3.05, 3.63) is 70.3 Å². The molecule has 0 N–H and O–H groups in total. The van der Waals surface area contributed by atoms with Crippen LogP contribution in [0, 0.1) is 11.3 Å². The summed E-state index contributed by atoms with van der Waals surface area (Å²) in [5, 5.41) is 13.8. The summed E-state index contributed by atoms with van der Waals surface area (Å²) in [6, 6.07) is 16.7. The lowest BCUT2D eigenvalue weighted by Gasteiger charge is -2.22. The van der Waals surface area contributed by atoms with E-state index in [1.54, 1.807) is 24.4 Å². The maximum absolute atomic E-state index is 13.2. The molecule has 3 aromatic rings. The molecule has 0 radical (unpaired) electrons. The fourth-order valence-electron chi connectivity index (χ4n) is 3.80. The van der Waals surface area contributed by atoms with Crippen molar-refractivity contribution in [1.29, 1.82) is 5.26 Å². The highest BCUT2D eigenvalue weighted by Crippen LogP contribution is 2.31. The maximum atomic E-state index is 13.2. The Balaban J connectivity index is 1.75. The number of nitrogens with zero attached hydrogens (tertiary/aromatic N) is 4. The van der Waals surface area contributed by atoms with Gasteiger partial charge >= 0.3 is 0 Å². The molecular weight excluding hydrogens is 364 g/mol. The molecule has 146 valence electrons. The molecule has 1 heterocycles. The zero-order valence-corrected chi connectivity index (χ0v) is 16.1. The Hall–Kier alpha value is -3.46. The Morgan fingerprint density at radius 2 is 2.00 bits per heavy atom. The average molecular weight is 386 g/mol. The zero-order valence-electron chi connectivity index (χ0n) is 16.1. The minimum Gasteiger partial charge on any atom is -0.479 e. The molecule has 0 bridgehead atoms. The van der Waals surface area contributed by atoms with Gasteiger partial charge in [-0.15, -0.1) is 0 Å². The molecule has 1 fully saturated rings. The van der Waals surface area contributed by atoms with Gasteiger partial charge in [0.25, 0.3) is 5.56 Å². The van der Waals surface area contributed by atoms with E-state index in [1.165, 1.54) is 11.1 Å². The quantitative estimate of drug-likeness (QED) is 0.615. The van der Waals surface area contributed by atoms with Gasteiger partial charge in [-0.05, 0) is 42.7 Å². The number of hydrogen-bond acceptors (Lipinski definition) is 5. The Morgan fingerprint density at radius 1 is 1.17 bits per heavy atom. The van der Waals surface area contributed by atoms with E-state index in [1.807, 2.05) is 36.4 Å². The van der Waals surface area contributed by atoms with Crippen LogP contribution in [0.15, 0.2) is 58.4 Å². The smallest absolute Gasteiger partial charge is 0.282 e. The minimum absolute atomic E-state index is 0.0134. The van der Waals surface area contributed by atoms with Gasteiger partial charge < -0.3 is 4.74 Å². The van der Waals surface area contributed by atoms with Crippen molar-refractivity contribution in [2.45, 2.75) is 38.0 Å². The van der Waals surface area contributed by atoms with E-state index in [2.05, 4.69) is 5.10 Å². The van der Waals surface area contributed by atoms with Crippen LogP contribution in [0.4, 0.5) is 0 Å². The number of fused-ring (bicyclic) bond motifs is 1. The van der Waals surface area contributed by atoms with E-state index in [-0.39, 0.29) is 18.1 Å². The predicted octanol–water partition coefficient (Wildman–Crippen LogP) is 4.23. The monoisotopic (exact) mass is 386 g/mol. The first kappa shape index (κ1) is 18.9. The number of rotatable bonds is 5.